The second-order valence-electron chi connectivity index (χ2n) is 10.6. The van der Waals surface area contributed by atoms with Crippen LogP contribution in [0.2, 0.25) is 0 Å². The Balaban J connectivity index is 1.41. The average Bonchev–Trinajstić information content (AvgIpc) is 3.56. The molecule has 0 atom stereocenters. The first-order valence-electron chi connectivity index (χ1n) is 13.6. The van der Waals surface area contributed by atoms with Crippen molar-refractivity contribution in [1.82, 2.24) is 25.3 Å². The fourth-order valence-electron chi connectivity index (χ4n) is 5.27. The number of hydrogen-bond acceptors (Lipinski definition) is 9. The lowest BCUT2D eigenvalue weighted by Gasteiger charge is -2.33. The molecule has 1 saturated carbocycles. The molecule has 1 aliphatic rings. The van der Waals surface area contributed by atoms with E-state index in [0.29, 0.717) is 71.6 Å². The molecule has 11 heteroatoms. The average molecular weight is 557 g/mol. The monoisotopic (exact) mass is 556 g/mol. The summed E-state index contributed by atoms with van der Waals surface area (Å²) in [5.41, 5.74) is 4.22. The van der Waals surface area contributed by atoms with E-state index in [1.807, 2.05) is 38.2 Å². The number of amides is 1. The van der Waals surface area contributed by atoms with Crippen LogP contribution in [0.1, 0.15) is 48.9 Å². The first-order chi connectivity index (χ1) is 19.7. The molecular formula is C30H32N6O5. The predicted molar refractivity (Wildman–Crippen MR) is 155 cm³/mol. The summed E-state index contributed by atoms with van der Waals surface area (Å²) in [5.74, 6) is 1.58. The number of anilines is 2. The fraction of sp³-hybridized carbons (Fsp3) is 0.333. The van der Waals surface area contributed by atoms with Crippen molar-refractivity contribution in [1.29, 1.82) is 0 Å². The van der Waals surface area contributed by atoms with E-state index in [2.05, 4.69) is 20.6 Å². The van der Waals surface area contributed by atoms with Gasteiger partial charge in [0.2, 0.25) is 11.8 Å². The van der Waals surface area contributed by atoms with Crippen LogP contribution < -0.4 is 20.1 Å². The van der Waals surface area contributed by atoms with Crippen molar-refractivity contribution < 1.29 is 23.8 Å². The lowest BCUT2D eigenvalue weighted by molar-refractivity contribution is -0.0114. The third kappa shape index (κ3) is 5.28. The van der Waals surface area contributed by atoms with Gasteiger partial charge in [-0.1, -0.05) is 6.07 Å². The number of nitrogens with zero attached hydrogens (tertiary/aromatic N) is 3. The van der Waals surface area contributed by atoms with E-state index >= 15 is 0 Å². The zero-order valence-corrected chi connectivity index (χ0v) is 23.4. The van der Waals surface area contributed by atoms with Crippen molar-refractivity contribution in [3.8, 4) is 22.8 Å². The smallest absolute Gasteiger partial charge is 0.251 e. The number of aliphatic hydroxyl groups is 1. The lowest BCUT2D eigenvalue weighted by Crippen LogP contribution is -2.35. The molecule has 4 N–H and O–H groups in total. The van der Waals surface area contributed by atoms with E-state index in [9.17, 15) is 9.90 Å². The minimum Gasteiger partial charge on any atom is -0.495 e. The second kappa shape index (κ2) is 10.4. The van der Waals surface area contributed by atoms with Gasteiger partial charge in [-0.15, -0.1) is 0 Å². The molecule has 1 aliphatic carbocycles. The van der Waals surface area contributed by atoms with Gasteiger partial charge in [0.1, 0.15) is 23.0 Å². The molecule has 0 unspecified atom stereocenters. The highest BCUT2D eigenvalue weighted by atomic mass is 16.5. The van der Waals surface area contributed by atoms with E-state index in [0.717, 1.165) is 22.0 Å². The number of carbonyl (C=O) groups excluding carboxylic acids is 1. The zero-order chi connectivity index (χ0) is 28.7. The van der Waals surface area contributed by atoms with Crippen molar-refractivity contribution in [3.63, 3.8) is 0 Å². The van der Waals surface area contributed by atoms with Crippen molar-refractivity contribution in [3.05, 3.63) is 54.0 Å². The van der Waals surface area contributed by atoms with Gasteiger partial charge in [-0.3, -0.25) is 4.79 Å². The van der Waals surface area contributed by atoms with Gasteiger partial charge in [-0.25, -0.2) is 4.98 Å². The molecule has 0 spiro atoms. The number of oxazole rings is 1. The quantitative estimate of drug-likeness (QED) is 0.211. The maximum Gasteiger partial charge on any atom is 0.251 e. The van der Waals surface area contributed by atoms with Crippen LogP contribution in [0, 0.1) is 6.92 Å². The minimum atomic E-state index is -0.686. The fourth-order valence-corrected chi connectivity index (χ4v) is 5.27. The molecule has 0 radical (unpaired) electrons. The Labute approximate surface area is 236 Å². The maximum absolute atomic E-state index is 12.1. The Morgan fingerprint density at radius 2 is 1.95 bits per heavy atom. The molecule has 0 aliphatic heterocycles. The molecule has 0 saturated heterocycles. The van der Waals surface area contributed by atoms with Gasteiger partial charge in [0.15, 0.2) is 11.5 Å². The predicted octanol–water partition coefficient (Wildman–Crippen LogP) is 5.26. The standard InChI is InChI=1S/C30H32N6O5/c1-16-33-22-7-5-17(13-24(22)40-16)20-15-32-26-25(20)28(41-19-9-11-30(2,38)12-10-19)36-29(35-26)34-21-8-6-18(27(37)31-3)14-23(21)39-4/h5-8,13-15,19,38H,9-12H2,1-4H3,(H,31,37)(H2,32,34,35,36)/t19-,30+. The van der Waals surface area contributed by atoms with Crippen LogP contribution in [0.25, 0.3) is 33.3 Å². The largest absolute Gasteiger partial charge is 0.495 e. The van der Waals surface area contributed by atoms with E-state index in [1.54, 1.807) is 25.2 Å². The summed E-state index contributed by atoms with van der Waals surface area (Å²) in [6.45, 7) is 3.69. The zero-order valence-electron chi connectivity index (χ0n) is 23.4. The van der Waals surface area contributed by atoms with Crippen molar-refractivity contribution >= 4 is 39.7 Å². The summed E-state index contributed by atoms with van der Waals surface area (Å²) < 4.78 is 17.8. The Bertz CT molecular complexity index is 1750. The Morgan fingerprint density at radius 1 is 1.15 bits per heavy atom. The Morgan fingerprint density at radius 3 is 2.71 bits per heavy atom. The van der Waals surface area contributed by atoms with Gasteiger partial charge >= 0.3 is 0 Å². The molecule has 5 aromatic rings. The number of methoxy groups -OCH3 is 1. The van der Waals surface area contributed by atoms with Gasteiger partial charge in [0.25, 0.3) is 5.91 Å². The summed E-state index contributed by atoms with van der Waals surface area (Å²) >= 11 is 0. The van der Waals surface area contributed by atoms with Gasteiger partial charge < -0.3 is 34.6 Å². The second-order valence-corrected chi connectivity index (χ2v) is 10.6. The highest BCUT2D eigenvalue weighted by Crippen LogP contribution is 2.39. The Kier molecular flexibility index (Phi) is 6.74. The van der Waals surface area contributed by atoms with E-state index in [-0.39, 0.29) is 12.0 Å². The summed E-state index contributed by atoms with van der Waals surface area (Å²) in [4.78, 5) is 29.3. The van der Waals surface area contributed by atoms with Crippen LogP contribution in [0.4, 0.5) is 11.6 Å². The first kappa shape index (κ1) is 26.6. The van der Waals surface area contributed by atoms with Crippen LogP contribution in [-0.2, 0) is 0 Å². The summed E-state index contributed by atoms with van der Waals surface area (Å²) in [5, 5.41) is 17.0. The molecule has 0 bridgehead atoms. The molecule has 212 valence electrons. The summed E-state index contributed by atoms with van der Waals surface area (Å²) in [7, 11) is 3.11. The lowest BCUT2D eigenvalue weighted by atomic mass is 9.85. The van der Waals surface area contributed by atoms with Gasteiger partial charge in [-0.2, -0.15) is 9.97 Å². The van der Waals surface area contributed by atoms with E-state index < -0.39 is 5.60 Å². The third-order valence-electron chi connectivity index (χ3n) is 7.53. The molecule has 1 fully saturated rings. The van der Waals surface area contributed by atoms with Crippen LogP contribution in [0.3, 0.4) is 0 Å². The maximum atomic E-state index is 12.1. The highest BCUT2D eigenvalue weighted by molar-refractivity contribution is 5.99. The van der Waals surface area contributed by atoms with Crippen LogP contribution in [-0.4, -0.2) is 56.8 Å². The molecule has 3 heterocycles. The van der Waals surface area contributed by atoms with Crippen LogP contribution >= 0.6 is 0 Å². The SMILES string of the molecule is CNC(=O)c1ccc(Nc2nc(O[C@H]3CC[C@@](C)(O)CC3)c3c(-c4ccc5nc(C)oc5c4)c[nH]c3n2)c(OC)c1. The molecule has 3 aromatic heterocycles. The normalized spacial score (nSPS) is 18.9. The van der Waals surface area contributed by atoms with Crippen molar-refractivity contribution in [2.75, 3.05) is 19.5 Å². The molecular weight excluding hydrogens is 524 g/mol. The number of carbonyl (C=O) groups is 1. The summed E-state index contributed by atoms with van der Waals surface area (Å²) in [6.07, 6.45) is 4.48. The number of fused-ring (bicyclic) bond motifs is 2. The molecule has 2 aromatic carbocycles. The number of ether oxygens (including phenoxy) is 2. The van der Waals surface area contributed by atoms with E-state index in [1.165, 1.54) is 7.11 Å². The summed E-state index contributed by atoms with van der Waals surface area (Å²) in [6, 6.07) is 11.0. The topological polar surface area (TPSA) is 147 Å². The van der Waals surface area contributed by atoms with Gasteiger partial charge in [0.05, 0.1) is 23.8 Å². The molecule has 11 nitrogen and oxygen atoms in total. The number of rotatable bonds is 7. The number of nitrogens with one attached hydrogen (secondary N) is 3. The van der Waals surface area contributed by atoms with Crippen LogP contribution in [0.15, 0.2) is 47.0 Å². The molecule has 41 heavy (non-hydrogen) atoms. The first-order valence-corrected chi connectivity index (χ1v) is 13.6. The number of aromatic nitrogens is 4. The highest BCUT2D eigenvalue weighted by Gasteiger charge is 2.31. The van der Waals surface area contributed by atoms with E-state index in [4.69, 9.17) is 23.9 Å². The molecule has 6 rings (SSSR count). The van der Waals surface area contributed by atoms with Gasteiger partial charge in [0, 0.05) is 31.3 Å². The number of benzene rings is 2. The Hall–Kier alpha value is -4.64. The molecule has 1 amide bonds. The number of aryl methyl sites for hydroxylation is 1. The third-order valence-corrected chi connectivity index (χ3v) is 7.53. The van der Waals surface area contributed by atoms with Crippen molar-refractivity contribution in [2.24, 2.45) is 0 Å². The number of H-pyrrole nitrogens is 1. The number of aromatic amines is 1. The minimum absolute atomic E-state index is 0.107. The number of hydrogen-bond donors (Lipinski definition) is 4. The van der Waals surface area contributed by atoms with Crippen molar-refractivity contribution in [2.45, 2.75) is 51.2 Å². The van der Waals surface area contributed by atoms with Crippen LogP contribution in [0.5, 0.6) is 11.6 Å². The van der Waals surface area contributed by atoms with Gasteiger partial charge in [-0.05, 0) is 68.5 Å².